The minimum Gasteiger partial charge on any atom is -0.346 e. The average Bonchev–Trinajstić information content (AvgIpc) is 3.60. The second-order valence-corrected chi connectivity index (χ2v) is 15.5. The topological polar surface area (TPSA) is 95.4 Å². The zero-order chi connectivity index (χ0) is 36.4. The molecule has 0 bridgehead atoms. The van der Waals surface area contributed by atoms with E-state index in [1.165, 1.54) is 31.4 Å². The Balaban J connectivity index is 1.26. The van der Waals surface area contributed by atoms with Crippen molar-refractivity contribution in [3.05, 3.63) is 65.2 Å². The minimum absolute atomic E-state index is 0.00152. The third kappa shape index (κ3) is 6.15. The molecular weight excluding hydrogens is 655 g/mol. The molecule has 2 N–H and O–H groups in total. The number of nitrogens with zero attached hydrogens (tertiary/aromatic N) is 5. The number of piperidine rings is 1. The monoisotopic (exact) mass is 701 g/mol. The number of likely N-dealkylation sites (tertiary alicyclic amines) is 1. The van der Waals surface area contributed by atoms with Gasteiger partial charge >= 0.3 is 0 Å². The lowest BCUT2D eigenvalue weighted by atomic mass is 9.71. The maximum Gasteiger partial charge on any atom is 0.255 e. The van der Waals surface area contributed by atoms with E-state index in [4.69, 9.17) is 4.98 Å². The van der Waals surface area contributed by atoms with E-state index in [0.717, 1.165) is 42.7 Å². The lowest BCUT2D eigenvalue weighted by molar-refractivity contribution is -0.123. The smallest absolute Gasteiger partial charge is 0.255 e. The van der Waals surface area contributed by atoms with Crippen LogP contribution in [-0.2, 0) is 10.2 Å². The van der Waals surface area contributed by atoms with Crippen LogP contribution >= 0.6 is 0 Å². The van der Waals surface area contributed by atoms with Crippen molar-refractivity contribution >= 4 is 40.0 Å². The summed E-state index contributed by atoms with van der Waals surface area (Å²) in [6.07, 6.45) is 4.57. The van der Waals surface area contributed by atoms with E-state index in [1.807, 2.05) is 61.4 Å². The largest absolute Gasteiger partial charge is 0.346 e. The van der Waals surface area contributed by atoms with Crippen molar-refractivity contribution in [2.45, 2.75) is 103 Å². The summed E-state index contributed by atoms with van der Waals surface area (Å²) in [5.74, 6) is -0.928. The summed E-state index contributed by atoms with van der Waals surface area (Å²) in [4.78, 5) is 41.1. The van der Waals surface area contributed by atoms with Crippen molar-refractivity contribution in [3.8, 4) is 11.3 Å². The molecule has 270 valence electrons. The number of aromatic nitrogens is 3. The Bertz CT molecular complexity index is 2010. The summed E-state index contributed by atoms with van der Waals surface area (Å²) >= 11 is 0. The molecule has 0 atom stereocenters. The van der Waals surface area contributed by atoms with Crippen molar-refractivity contribution in [3.63, 3.8) is 0 Å². The van der Waals surface area contributed by atoms with E-state index >= 15 is 4.39 Å². The maximum atomic E-state index is 15.5. The van der Waals surface area contributed by atoms with Gasteiger partial charge in [-0.2, -0.15) is 0 Å². The van der Waals surface area contributed by atoms with E-state index in [2.05, 4.69) is 27.4 Å². The highest BCUT2D eigenvalue weighted by Gasteiger charge is 2.54. The van der Waals surface area contributed by atoms with E-state index < -0.39 is 30.1 Å². The number of carbonyl (C=O) groups excluding carboxylic acids is 2. The molecule has 0 radical (unpaired) electrons. The molecule has 51 heavy (non-hydrogen) atoms. The van der Waals surface area contributed by atoms with Crippen molar-refractivity contribution in [1.82, 2.24) is 24.8 Å². The molecule has 9 nitrogen and oxygen atoms in total. The van der Waals surface area contributed by atoms with Gasteiger partial charge in [-0.25, -0.2) is 23.1 Å². The highest BCUT2D eigenvalue weighted by Crippen LogP contribution is 2.50. The SMILES string of the molecule is Cc1cc(F)c(Nc2nc(-c3ccc4c(c3)N([C@H]3C[C@@](C)(N5CCCCC5)C3)C(=O)C4(C)C)cc3ncn(C(C)C)c23)cc1C(=O)NCC(F)F. The third-order valence-corrected chi connectivity index (χ3v) is 11.2. The van der Waals surface area contributed by atoms with Crippen LogP contribution in [0.25, 0.3) is 22.3 Å². The highest BCUT2D eigenvalue weighted by molar-refractivity contribution is 6.09. The van der Waals surface area contributed by atoms with Gasteiger partial charge in [-0.3, -0.25) is 14.5 Å². The first-order chi connectivity index (χ1) is 24.2. The standard InChI is InChI=1S/C39H46F3N7O2/c1-22(2)48-21-44-31-17-29(45-35(34(31)48)46-30-16-26(23(3)14-28(30)40)36(50)43-20-33(41)42)24-10-11-27-32(15-24)49(37(51)38(27,4)5)25-18-39(6,19-25)47-12-8-7-9-13-47/h10-11,14-17,21-22,25,33H,7-9,12-13,18-20H2,1-6H3,(H,43,50)(H,45,46)/t25-,39+. The number of nitrogens with one attached hydrogen (secondary N) is 2. The van der Waals surface area contributed by atoms with Gasteiger partial charge in [0.05, 0.1) is 35.2 Å². The Kier molecular flexibility index (Phi) is 8.88. The number of hydrogen-bond acceptors (Lipinski definition) is 6. The number of rotatable bonds is 9. The number of carbonyl (C=O) groups is 2. The number of benzene rings is 2. The zero-order valence-electron chi connectivity index (χ0n) is 30.1. The summed E-state index contributed by atoms with van der Waals surface area (Å²) in [6, 6.07) is 10.5. The molecule has 2 aromatic carbocycles. The van der Waals surface area contributed by atoms with E-state index in [-0.39, 0.29) is 34.8 Å². The van der Waals surface area contributed by atoms with Crippen LogP contribution in [0.3, 0.4) is 0 Å². The number of pyridine rings is 1. The quantitative estimate of drug-likeness (QED) is 0.184. The molecule has 2 amide bonds. The summed E-state index contributed by atoms with van der Waals surface area (Å²) in [7, 11) is 0. The summed E-state index contributed by atoms with van der Waals surface area (Å²) < 4.78 is 43.1. The third-order valence-electron chi connectivity index (χ3n) is 11.2. The number of alkyl halides is 2. The number of imidazole rings is 1. The molecule has 2 aromatic heterocycles. The van der Waals surface area contributed by atoms with Crippen LogP contribution < -0.4 is 15.5 Å². The fourth-order valence-corrected chi connectivity index (χ4v) is 8.23. The van der Waals surface area contributed by atoms with Crippen molar-refractivity contribution in [1.29, 1.82) is 0 Å². The van der Waals surface area contributed by atoms with Crippen LogP contribution in [0.5, 0.6) is 0 Å². The van der Waals surface area contributed by atoms with Crippen molar-refractivity contribution in [2.75, 3.05) is 29.9 Å². The zero-order valence-corrected chi connectivity index (χ0v) is 30.1. The predicted molar refractivity (Wildman–Crippen MR) is 193 cm³/mol. The van der Waals surface area contributed by atoms with Gasteiger partial charge in [0.2, 0.25) is 5.91 Å². The van der Waals surface area contributed by atoms with Crippen LogP contribution in [0.2, 0.25) is 0 Å². The van der Waals surface area contributed by atoms with Crippen LogP contribution in [-0.4, -0.2) is 68.9 Å². The molecule has 1 saturated heterocycles. The first-order valence-corrected chi connectivity index (χ1v) is 17.9. The van der Waals surface area contributed by atoms with E-state index in [9.17, 15) is 18.4 Å². The van der Waals surface area contributed by atoms with Gasteiger partial charge < -0.3 is 20.1 Å². The van der Waals surface area contributed by atoms with Gasteiger partial charge in [0.25, 0.3) is 12.3 Å². The second kappa shape index (κ2) is 13.0. The second-order valence-electron chi connectivity index (χ2n) is 15.5. The normalized spacial score (nSPS) is 21.7. The fraction of sp³-hybridized carbons (Fsp3) is 0.487. The van der Waals surface area contributed by atoms with Crippen molar-refractivity contribution in [2.24, 2.45) is 0 Å². The first kappa shape index (κ1) is 35.0. The minimum atomic E-state index is -2.71. The summed E-state index contributed by atoms with van der Waals surface area (Å²) in [6.45, 7) is 13.3. The number of anilines is 3. The summed E-state index contributed by atoms with van der Waals surface area (Å²) in [5.41, 5.74) is 4.27. The molecule has 1 aliphatic carbocycles. The Morgan fingerprint density at radius 2 is 1.76 bits per heavy atom. The Labute approximate surface area is 296 Å². The first-order valence-electron chi connectivity index (χ1n) is 17.9. The molecule has 2 fully saturated rings. The molecule has 3 aliphatic rings. The van der Waals surface area contributed by atoms with Crippen LogP contribution in [0.1, 0.15) is 94.2 Å². The predicted octanol–water partition coefficient (Wildman–Crippen LogP) is 7.90. The lowest BCUT2D eigenvalue weighted by Crippen LogP contribution is -2.64. The molecule has 0 spiro atoms. The number of aryl methyl sites for hydroxylation is 1. The van der Waals surface area contributed by atoms with Gasteiger partial charge in [-0.15, -0.1) is 0 Å². The lowest BCUT2D eigenvalue weighted by Gasteiger charge is -2.55. The van der Waals surface area contributed by atoms with Gasteiger partial charge in [0.1, 0.15) is 11.3 Å². The van der Waals surface area contributed by atoms with Gasteiger partial charge in [0.15, 0.2) is 5.82 Å². The van der Waals surface area contributed by atoms with Gasteiger partial charge in [0, 0.05) is 34.4 Å². The number of amides is 2. The van der Waals surface area contributed by atoms with Gasteiger partial charge in [-0.1, -0.05) is 18.6 Å². The average molecular weight is 702 g/mol. The number of halogens is 3. The molecule has 1 saturated carbocycles. The van der Waals surface area contributed by atoms with E-state index in [0.29, 0.717) is 28.1 Å². The van der Waals surface area contributed by atoms with Gasteiger partial charge in [-0.05, 0) is 116 Å². The van der Waals surface area contributed by atoms with Crippen LogP contribution in [0.4, 0.5) is 30.4 Å². The van der Waals surface area contributed by atoms with E-state index in [1.54, 1.807) is 13.3 Å². The van der Waals surface area contributed by atoms with Crippen LogP contribution in [0, 0.1) is 12.7 Å². The molecule has 12 heteroatoms. The van der Waals surface area contributed by atoms with Crippen LogP contribution in [0.15, 0.2) is 42.7 Å². The Morgan fingerprint density at radius 3 is 2.45 bits per heavy atom. The Morgan fingerprint density at radius 1 is 1.04 bits per heavy atom. The highest BCUT2D eigenvalue weighted by atomic mass is 19.3. The van der Waals surface area contributed by atoms with Crippen molar-refractivity contribution < 1.29 is 22.8 Å². The summed E-state index contributed by atoms with van der Waals surface area (Å²) in [5, 5.41) is 5.31. The number of hydrogen-bond donors (Lipinski definition) is 2. The Hall–Kier alpha value is -4.45. The molecule has 4 aromatic rings. The fourth-order valence-electron chi connectivity index (χ4n) is 8.23. The molecule has 4 heterocycles. The molecular formula is C39H46F3N7O2. The molecule has 7 rings (SSSR count). The maximum absolute atomic E-state index is 15.5. The number of fused-ring (bicyclic) bond motifs is 2. The molecule has 0 unspecified atom stereocenters. The molecule has 2 aliphatic heterocycles.